The maximum atomic E-state index is 13.0. The zero-order chi connectivity index (χ0) is 12.3. The van der Waals surface area contributed by atoms with Gasteiger partial charge in [0, 0.05) is 25.0 Å². The van der Waals surface area contributed by atoms with Gasteiger partial charge in [0.05, 0.1) is 0 Å². The Kier molecular flexibility index (Phi) is 3.28. The van der Waals surface area contributed by atoms with Gasteiger partial charge in [0.15, 0.2) is 0 Å². The molecule has 0 bridgehead atoms. The highest BCUT2D eigenvalue weighted by molar-refractivity contribution is 5.55. The lowest BCUT2D eigenvalue weighted by Crippen LogP contribution is -2.16. The van der Waals surface area contributed by atoms with Crippen LogP contribution in [0.1, 0.15) is 5.56 Å². The summed E-state index contributed by atoms with van der Waals surface area (Å²) in [6.45, 7) is 0.654. The summed E-state index contributed by atoms with van der Waals surface area (Å²) in [5.74, 6) is -0.205. The number of hydrogen-bond donors (Lipinski definition) is 1. The Hall–Kier alpha value is -2.03. The lowest BCUT2D eigenvalue weighted by Gasteiger charge is -2.19. The van der Waals surface area contributed by atoms with Crippen LogP contribution in [0.5, 0.6) is 0 Å². The predicted molar refractivity (Wildman–Crippen MR) is 69.4 cm³/mol. The van der Waals surface area contributed by atoms with Gasteiger partial charge >= 0.3 is 0 Å². The third-order valence-electron chi connectivity index (χ3n) is 2.62. The van der Waals surface area contributed by atoms with Crippen LogP contribution in [0.4, 0.5) is 15.8 Å². The van der Waals surface area contributed by atoms with E-state index in [1.54, 1.807) is 12.1 Å². The van der Waals surface area contributed by atoms with Gasteiger partial charge in [0.2, 0.25) is 0 Å². The number of hydrogen-bond acceptors (Lipinski definition) is 2. The van der Waals surface area contributed by atoms with E-state index in [2.05, 4.69) is 0 Å². The highest BCUT2D eigenvalue weighted by atomic mass is 19.1. The number of benzene rings is 2. The van der Waals surface area contributed by atoms with Crippen molar-refractivity contribution >= 4 is 11.4 Å². The van der Waals surface area contributed by atoms with Crippen LogP contribution in [0.15, 0.2) is 48.5 Å². The number of nitrogens with two attached hydrogens (primary N) is 1. The zero-order valence-electron chi connectivity index (χ0n) is 9.73. The average Bonchev–Trinajstić information content (AvgIpc) is 2.29. The molecule has 0 radical (unpaired) electrons. The van der Waals surface area contributed by atoms with Gasteiger partial charge in [-0.05, 0) is 35.9 Å². The molecule has 0 saturated carbocycles. The summed E-state index contributed by atoms with van der Waals surface area (Å²) in [5.41, 5.74) is 8.42. The minimum Gasteiger partial charge on any atom is -0.399 e. The van der Waals surface area contributed by atoms with Crippen molar-refractivity contribution in [1.29, 1.82) is 0 Å². The molecule has 0 heterocycles. The van der Waals surface area contributed by atoms with Gasteiger partial charge in [-0.1, -0.05) is 18.2 Å². The molecule has 0 aliphatic heterocycles. The van der Waals surface area contributed by atoms with Crippen molar-refractivity contribution in [3.63, 3.8) is 0 Å². The first-order valence-electron chi connectivity index (χ1n) is 5.46. The first-order chi connectivity index (χ1) is 8.15. The van der Waals surface area contributed by atoms with Crippen molar-refractivity contribution in [1.82, 2.24) is 0 Å². The molecule has 2 nitrogen and oxygen atoms in total. The van der Waals surface area contributed by atoms with Crippen molar-refractivity contribution in [3.8, 4) is 0 Å². The van der Waals surface area contributed by atoms with Crippen molar-refractivity contribution in [2.24, 2.45) is 0 Å². The summed E-state index contributed by atoms with van der Waals surface area (Å²) < 4.78 is 13.0. The van der Waals surface area contributed by atoms with Crippen molar-refractivity contribution in [3.05, 3.63) is 59.9 Å². The van der Waals surface area contributed by atoms with Crippen LogP contribution < -0.4 is 10.6 Å². The fourth-order valence-corrected chi connectivity index (χ4v) is 1.76. The minimum atomic E-state index is -0.205. The van der Waals surface area contributed by atoms with Gasteiger partial charge < -0.3 is 10.6 Å². The summed E-state index contributed by atoms with van der Waals surface area (Å²) in [6.07, 6.45) is 0. The molecule has 0 spiro atoms. The number of nitrogens with zero attached hydrogens (tertiary/aromatic N) is 1. The monoisotopic (exact) mass is 230 g/mol. The molecule has 2 N–H and O–H groups in total. The van der Waals surface area contributed by atoms with E-state index >= 15 is 0 Å². The maximum Gasteiger partial charge on any atom is 0.123 e. The molecule has 88 valence electrons. The van der Waals surface area contributed by atoms with Crippen molar-refractivity contribution in [2.75, 3.05) is 17.7 Å². The van der Waals surface area contributed by atoms with Crippen LogP contribution in [0.25, 0.3) is 0 Å². The molecule has 0 atom stereocenters. The first-order valence-corrected chi connectivity index (χ1v) is 5.46. The third kappa shape index (κ3) is 2.97. The molecule has 3 heteroatoms. The van der Waals surface area contributed by atoms with Crippen LogP contribution in [0.2, 0.25) is 0 Å². The van der Waals surface area contributed by atoms with Crippen LogP contribution in [0, 0.1) is 5.82 Å². The van der Waals surface area contributed by atoms with Gasteiger partial charge in [-0.3, -0.25) is 0 Å². The molecule has 0 aliphatic rings. The van der Waals surface area contributed by atoms with Crippen LogP contribution in [0.3, 0.4) is 0 Å². The lowest BCUT2D eigenvalue weighted by atomic mass is 10.2. The number of halogens is 1. The summed E-state index contributed by atoms with van der Waals surface area (Å²) in [5, 5.41) is 0. The van der Waals surface area contributed by atoms with Crippen molar-refractivity contribution < 1.29 is 4.39 Å². The number of rotatable bonds is 3. The van der Waals surface area contributed by atoms with Gasteiger partial charge in [-0.15, -0.1) is 0 Å². The fourth-order valence-electron chi connectivity index (χ4n) is 1.76. The molecule has 0 aliphatic carbocycles. The fraction of sp³-hybridized carbons (Fsp3) is 0.143. The molecule has 0 saturated heterocycles. The highest BCUT2D eigenvalue weighted by Gasteiger charge is 2.03. The summed E-state index contributed by atoms with van der Waals surface area (Å²) in [7, 11) is 1.96. The molecule has 0 unspecified atom stereocenters. The van der Waals surface area contributed by atoms with E-state index in [0.29, 0.717) is 6.54 Å². The van der Waals surface area contributed by atoms with E-state index in [1.165, 1.54) is 6.07 Å². The normalized spacial score (nSPS) is 10.2. The van der Waals surface area contributed by atoms with E-state index in [-0.39, 0.29) is 5.82 Å². The topological polar surface area (TPSA) is 29.3 Å². The molecule has 17 heavy (non-hydrogen) atoms. The Bertz CT molecular complexity index is 511. The van der Waals surface area contributed by atoms with E-state index in [1.807, 2.05) is 42.3 Å². The summed E-state index contributed by atoms with van der Waals surface area (Å²) in [6, 6.07) is 14.3. The predicted octanol–water partition coefficient (Wildman–Crippen LogP) is 3.04. The lowest BCUT2D eigenvalue weighted by molar-refractivity contribution is 0.625. The zero-order valence-corrected chi connectivity index (χ0v) is 9.73. The third-order valence-corrected chi connectivity index (χ3v) is 2.62. The summed E-state index contributed by atoms with van der Waals surface area (Å²) >= 11 is 0. The molecular weight excluding hydrogens is 215 g/mol. The quantitative estimate of drug-likeness (QED) is 0.821. The molecule has 2 aromatic rings. The van der Waals surface area contributed by atoms with E-state index in [4.69, 9.17) is 5.73 Å². The molecule has 0 aromatic heterocycles. The largest absolute Gasteiger partial charge is 0.399 e. The van der Waals surface area contributed by atoms with Crippen molar-refractivity contribution in [2.45, 2.75) is 6.54 Å². The maximum absolute atomic E-state index is 13.0. The number of nitrogen functional groups attached to an aromatic ring is 1. The Balaban J connectivity index is 2.14. The van der Waals surface area contributed by atoms with Crippen LogP contribution >= 0.6 is 0 Å². The Morgan fingerprint density at radius 3 is 2.59 bits per heavy atom. The smallest absolute Gasteiger partial charge is 0.123 e. The van der Waals surface area contributed by atoms with E-state index < -0.39 is 0 Å². The van der Waals surface area contributed by atoms with E-state index in [9.17, 15) is 4.39 Å². The SMILES string of the molecule is CN(Cc1cccc(F)c1)c1cccc(N)c1. The van der Waals surface area contributed by atoms with Crippen LogP contribution in [-0.2, 0) is 6.54 Å². The second kappa shape index (κ2) is 4.87. The average molecular weight is 230 g/mol. The van der Waals surface area contributed by atoms with Gasteiger partial charge in [0.25, 0.3) is 0 Å². The molecule has 2 rings (SSSR count). The molecular formula is C14H15FN2. The molecule has 0 fully saturated rings. The second-order valence-corrected chi connectivity index (χ2v) is 4.08. The Morgan fingerprint density at radius 2 is 1.88 bits per heavy atom. The molecule has 0 amide bonds. The van der Waals surface area contributed by atoms with Gasteiger partial charge in [-0.2, -0.15) is 0 Å². The molecule has 2 aromatic carbocycles. The first kappa shape index (κ1) is 11.5. The number of anilines is 2. The van der Waals surface area contributed by atoms with Gasteiger partial charge in [-0.25, -0.2) is 4.39 Å². The minimum absolute atomic E-state index is 0.205. The van der Waals surface area contributed by atoms with Gasteiger partial charge in [0.1, 0.15) is 5.82 Å². The Labute approximate surface area is 100 Å². The highest BCUT2D eigenvalue weighted by Crippen LogP contribution is 2.18. The van der Waals surface area contributed by atoms with Crippen LogP contribution in [-0.4, -0.2) is 7.05 Å². The van der Waals surface area contributed by atoms with E-state index in [0.717, 1.165) is 16.9 Å². The summed E-state index contributed by atoms with van der Waals surface area (Å²) in [4.78, 5) is 2.03. The second-order valence-electron chi connectivity index (χ2n) is 4.08. The standard InChI is InChI=1S/C14H15FN2/c1-17(14-7-3-6-13(16)9-14)10-11-4-2-5-12(15)8-11/h2-9H,10,16H2,1H3. The Morgan fingerprint density at radius 1 is 1.12 bits per heavy atom.